The molecule has 2 N–H and O–H groups in total. The summed E-state index contributed by atoms with van der Waals surface area (Å²) in [4.78, 5) is 16.7. The van der Waals surface area contributed by atoms with E-state index in [0.717, 1.165) is 0 Å². The van der Waals surface area contributed by atoms with E-state index < -0.39 is 17.8 Å². The van der Waals surface area contributed by atoms with Crippen molar-refractivity contribution in [2.24, 2.45) is 0 Å². The average Bonchev–Trinajstić information content (AvgIpc) is 2.38. The van der Waals surface area contributed by atoms with Gasteiger partial charge in [-0.2, -0.15) is 5.48 Å². The Morgan fingerprint density at radius 1 is 1.35 bits per heavy atom. The first kappa shape index (κ1) is 16.3. The van der Waals surface area contributed by atoms with Gasteiger partial charge in [0.2, 0.25) is 0 Å². The third-order valence-electron chi connectivity index (χ3n) is 2.34. The number of carbonyl (C=O) groups excluding carboxylic acids is 1. The maximum absolute atomic E-state index is 11.5. The molecule has 1 aromatic rings. The molecular weight excluding hydrogens is 262 g/mol. The summed E-state index contributed by atoms with van der Waals surface area (Å²) in [6.45, 7) is 4.93. The lowest BCUT2D eigenvalue weighted by atomic mass is 10.1. The number of hydrogen-bond donors (Lipinski definition) is 2. The minimum atomic E-state index is -0.737. The van der Waals surface area contributed by atoms with Gasteiger partial charge in [0.15, 0.2) is 0 Å². The monoisotopic (exact) mass is 283 g/mol. The third-order valence-corrected chi connectivity index (χ3v) is 2.34. The van der Waals surface area contributed by atoms with Gasteiger partial charge in [0.05, 0.1) is 13.7 Å². The van der Waals surface area contributed by atoms with Gasteiger partial charge in [-0.25, -0.2) is 4.79 Å². The van der Waals surface area contributed by atoms with Crippen LogP contribution in [0.25, 0.3) is 0 Å². The Morgan fingerprint density at radius 3 is 2.55 bits per heavy atom. The third kappa shape index (κ3) is 5.07. The van der Waals surface area contributed by atoms with Crippen LogP contribution in [-0.2, 0) is 9.57 Å². The largest absolute Gasteiger partial charge is 0.496 e. The van der Waals surface area contributed by atoms with E-state index >= 15 is 0 Å². The van der Waals surface area contributed by atoms with Crippen molar-refractivity contribution in [2.45, 2.75) is 32.5 Å². The van der Waals surface area contributed by atoms with Gasteiger partial charge in [-0.1, -0.05) is 18.2 Å². The van der Waals surface area contributed by atoms with E-state index in [1.165, 1.54) is 7.11 Å². The highest BCUT2D eigenvalue weighted by molar-refractivity contribution is 5.66. The molecule has 0 spiro atoms. The van der Waals surface area contributed by atoms with E-state index in [4.69, 9.17) is 14.3 Å². The standard InChI is InChI=1S/C14H21NO5/c1-14(2,3)19-13(17)15-20-12(9-16)10-7-5-6-8-11(10)18-4/h5-8,12,16H,9H2,1-4H3,(H,15,17). The summed E-state index contributed by atoms with van der Waals surface area (Å²) in [5.41, 5.74) is 2.18. The van der Waals surface area contributed by atoms with Crippen LogP contribution in [-0.4, -0.2) is 30.5 Å². The molecule has 0 heterocycles. The molecule has 112 valence electrons. The molecule has 0 aromatic heterocycles. The number of benzene rings is 1. The van der Waals surface area contributed by atoms with Crippen molar-refractivity contribution in [3.8, 4) is 5.75 Å². The molecule has 0 bridgehead atoms. The summed E-state index contributed by atoms with van der Waals surface area (Å²) in [6, 6.07) is 7.08. The van der Waals surface area contributed by atoms with Gasteiger partial charge in [0.25, 0.3) is 0 Å². The zero-order valence-corrected chi connectivity index (χ0v) is 12.2. The summed E-state index contributed by atoms with van der Waals surface area (Å²) in [5.74, 6) is 0.567. The molecule has 6 nitrogen and oxygen atoms in total. The van der Waals surface area contributed by atoms with Gasteiger partial charge >= 0.3 is 6.09 Å². The van der Waals surface area contributed by atoms with Crippen molar-refractivity contribution < 1.29 is 24.2 Å². The molecule has 0 aliphatic heterocycles. The van der Waals surface area contributed by atoms with Gasteiger partial charge in [-0.15, -0.1) is 0 Å². The lowest BCUT2D eigenvalue weighted by Crippen LogP contribution is -2.34. The van der Waals surface area contributed by atoms with Crippen LogP contribution in [0, 0.1) is 0 Å². The first-order chi connectivity index (χ1) is 9.37. The lowest BCUT2D eigenvalue weighted by molar-refractivity contribution is -0.0617. The molecule has 1 unspecified atom stereocenters. The Morgan fingerprint density at radius 2 is 2.00 bits per heavy atom. The number of hydroxylamine groups is 1. The maximum atomic E-state index is 11.5. The predicted octanol–water partition coefficient (Wildman–Crippen LogP) is 2.18. The number of carbonyl (C=O) groups is 1. The smallest absolute Gasteiger partial charge is 0.431 e. The van der Waals surface area contributed by atoms with Crippen LogP contribution in [0.3, 0.4) is 0 Å². The van der Waals surface area contributed by atoms with Crippen molar-refractivity contribution >= 4 is 6.09 Å². The van der Waals surface area contributed by atoms with Crippen LogP contribution in [0.1, 0.15) is 32.4 Å². The second-order valence-corrected chi connectivity index (χ2v) is 5.13. The zero-order chi connectivity index (χ0) is 15.2. The quantitative estimate of drug-likeness (QED) is 0.810. The van der Waals surface area contributed by atoms with E-state index in [2.05, 4.69) is 5.48 Å². The number of aliphatic hydroxyl groups excluding tert-OH is 1. The van der Waals surface area contributed by atoms with Gasteiger partial charge in [0, 0.05) is 5.56 Å². The summed E-state index contributed by atoms with van der Waals surface area (Å²) < 4.78 is 10.2. The zero-order valence-electron chi connectivity index (χ0n) is 12.2. The number of methoxy groups -OCH3 is 1. The number of nitrogens with one attached hydrogen (secondary N) is 1. The Bertz CT molecular complexity index is 441. The van der Waals surface area contributed by atoms with E-state index in [0.29, 0.717) is 11.3 Å². The van der Waals surface area contributed by atoms with Crippen LogP contribution in [0.15, 0.2) is 24.3 Å². The number of rotatable bonds is 5. The SMILES string of the molecule is COc1ccccc1C(CO)ONC(=O)OC(C)(C)C. The van der Waals surface area contributed by atoms with Crippen LogP contribution in [0.2, 0.25) is 0 Å². The topological polar surface area (TPSA) is 77.0 Å². The highest BCUT2D eigenvalue weighted by Gasteiger charge is 2.20. The van der Waals surface area contributed by atoms with Crippen LogP contribution in [0.4, 0.5) is 4.79 Å². The number of para-hydroxylation sites is 1. The molecule has 0 aliphatic carbocycles. The van der Waals surface area contributed by atoms with Gasteiger partial charge in [0.1, 0.15) is 17.5 Å². The summed E-state index contributed by atoms with van der Waals surface area (Å²) in [6.07, 6.45) is -1.45. The average molecular weight is 283 g/mol. The molecule has 1 rings (SSSR count). The molecule has 1 aromatic carbocycles. The number of ether oxygens (including phenoxy) is 2. The van der Waals surface area contributed by atoms with Gasteiger partial charge < -0.3 is 14.6 Å². The summed E-state index contributed by atoms with van der Waals surface area (Å²) in [5, 5.41) is 9.37. The summed E-state index contributed by atoms with van der Waals surface area (Å²) >= 11 is 0. The summed E-state index contributed by atoms with van der Waals surface area (Å²) in [7, 11) is 1.52. The second kappa shape index (κ2) is 7.12. The first-order valence-corrected chi connectivity index (χ1v) is 6.26. The van der Waals surface area contributed by atoms with Crippen LogP contribution < -0.4 is 10.2 Å². The predicted molar refractivity (Wildman–Crippen MR) is 73.3 cm³/mol. The van der Waals surface area contributed by atoms with E-state index in [-0.39, 0.29) is 6.61 Å². The Labute approximate surface area is 118 Å². The van der Waals surface area contributed by atoms with Gasteiger partial charge in [-0.3, -0.25) is 4.84 Å². The molecule has 0 saturated heterocycles. The minimum Gasteiger partial charge on any atom is -0.496 e. The van der Waals surface area contributed by atoms with E-state index in [9.17, 15) is 9.90 Å². The molecular formula is C14H21NO5. The van der Waals surface area contributed by atoms with Crippen molar-refractivity contribution in [3.63, 3.8) is 0 Å². The Hall–Kier alpha value is -1.79. The molecule has 0 saturated carbocycles. The van der Waals surface area contributed by atoms with Crippen molar-refractivity contribution in [1.29, 1.82) is 0 Å². The molecule has 1 atom stereocenters. The van der Waals surface area contributed by atoms with E-state index in [1.807, 2.05) is 0 Å². The molecule has 0 radical (unpaired) electrons. The molecule has 6 heteroatoms. The molecule has 1 amide bonds. The second-order valence-electron chi connectivity index (χ2n) is 5.13. The van der Waals surface area contributed by atoms with Crippen LogP contribution >= 0.6 is 0 Å². The fourth-order valence-electron chi connectivity index (χ4n) is 1.55. The molecule has 0 fully saturated rings. The Balaban J connectivity index is 2.66. The first-order valence-electron chi connectivity index (χ1n) is 6.26. The maximum Gasteiger partial charge on any atom is 0.431 e. The van der Waals surface area contributed by atoms with Crippen LogP contribution in [0.5, 0.6) is 5.75 Å². The highest BCUT2D eigenvalue weighted by Crippen LogP contribution is 2.26. The van der Waals surface area contributed by atoms with Crippen molar-refractivity contribution in [3.05, 3.63) is 29.8 Å². The lowest BCUT2D eigenvalue weighted by Gasteiger charge is -2.22. The number of hydrogen-bond acceptors (Lipinski definition) is 5. The highest BCUT2D eigenvalue weighted by atomic mass is 16.7. The molecule has 20 heavy (non-hydrogen) atoms. The number of aliphatic hydroxyl groups is 1. The van der Waals surface area contributed by atoms with Gasteiger partial charge in [-0.05, 0) is 26.8 Å². The fraction of sp³-hybridized carbons (Fsp3) is 0.500. The van der Waals surface area contributed by atoms with E-state index in [1.54, 1.807) is 45.0 Å². The minimum absolute atomic E-state index is 0.309. The fourth-order valence-corrected chi connectivity index (χ4v) is 1.55. The normalized spacial score (nSPS) is 12.7. The van der Waals surface area contributed by atoms with Crippen molar-refractivity contribution in [2.75, 3.05) is 13.7 Å². The van der Waals surface area contributed by atoms with Crippen molar-refractivity contribution in [1.82, 2.24) is 5.48 Å². The number of amides is 1. The molecule has 0 aliphatic rings. The Kier molecular flexibility index (Phi) is 5.79.